The molecular formula is C27H27N3O5S. The van der Waals surface area contributed by atoms with Gasteiger partial charge >= 0.3 is 0 Å². The first-order chi connectivity index (χ1) is 17.5. The summed E-state index contributed by atoms with van der Waals surface area (Å²) in [5.41, 5.74) is 1.97. The van der Waals surface area contributed by atoms with Crippen molar-refractivity contribution in [1.82, 2.24) is 9.80 Å². The Hall–Kier alpha value is -3.77. The molecule has 2 aromatic carbocycles. The Morgan fingerprint density at radius 1 is 1.08 bits per heavy atom. The Kier molecular flexibility index (Phi) is 8.28. The minimum Gasteiger partial charge on any atom is -0.490 e. The van der Waals surface area contributed by atoms with Crippen LogP contribution in [0.4, 0.5) is 4.79 Å². The van der Waals surface area contributed by atoms with Crippen molar-refractivity contribution >= 4 is 34.9 Å². The molecule has 9 heteroatoms. The third-order valence-electron chi connectivity index (χ3n) is 5.96. The quantitative estimate of drug-likeness (QED) is 0.484. The molecule has 2 heterocycles. The van der Waals surface area contributed by atoms with Gasteiger partial charge in [-0.2, -0.15) is 5.26 Å². The van der Waals surface area contributed by atoms with Gasteiger partial charge < -0.3 is 14.4 Å². The maximum Gasteiger partial charge on any atom is 0.294 e. The van der Waals surface area contributed by atoms with Crippen molar-refractivity contribution in [3.8, 4) is 17.6 Å². The second-order valence-corrected chi connectivity index (χ2v) is 9.40. The first-order valence-electron chi connectivity index (χ1n) is 11.9. The molecule has 36 heavy (non-hydrogen) atoms. The van der Waals surface area contributed by atoms with Crippen LogP contribution in [-0.4, -0.2) is 53.1 Å². The summed E-state index contributed by atoms with van der Waals surface area (Å²) in [6.07, 6.45) is 4.60. The number of benzene rings is 2. The highest BCUT2D eigenvalue weighted by molar-refractivity contribution is 8.18. The lowest BCUT2D eigenvalue weighted by molar-refractivity contribution is -0.136. The van der Waals surface area contributed by atoms with Gasteiger partial charge in [0.05, 0.1) is 23.1 Å². The number of hydrogen-bond acceptors (Lipinski definition) is 7. The van der Waals surface area contributed by atoms with Gasteiger partial charge in [-0.1, -0.05) is 24.3 Å². The van der Waals surface area contributed by atoms with Crippen molar-refractivity contribution in [2.75, 3.05) is 26.2 Å². The normalized spacial score (nSPS) is 16.8. The summed E-state index contributed by atoms with van der Waals surface area (Å²) in [5, 5.41) is 8.84. The van der Waals surface area contributed by atoms with Crippen molar-refractivity contribution in [2.45, 2.75) is 32.8 Å². The fourth-order valence-electron chi connectivity index (χ4n) is 4.08. The molecule has 0 aromatic heterocycles. The molecule has 0 aliphatic carbocycles. The van der Waals surface area contributed by atoms with Gasteiger partial charge in [0.25, 0.3) is 11.1 Å². The molecule has 2 saturated heterocycles. The zero-order valence-corrected chi connectivity index (χ0v) is 20.9. The Labute approximate surface area is 214 Å². The maximum atomic E-state index is 12.9. The van der Waals surface area contributed by atoms with Crippen LogP contribution in [-0.2, 0) is 16.2 Å². The minimum atomic E-state index is -0.471. The highest BCUT2D eigenvalue weighted by atomic mass is 32.2. The van der Waals surface area contributed by atoms with Gasteiger partial charge in [0.2, 0.25) is 5.91 Å². The molecular weight excluding hydrogens is 478 g/mol. The van der Waals surface area contributed by atoms with Crippen molar-refractivity contribution in [1.29, 1.82) is 5.26 Å². The van der Waals surface area contributed by atoms with Crippen LogP contribution in [0.5, 0.6) is 11.5 Å². The van der Waals surface area contributed by atoms with Gasteiger partial charge in [-0.3, -0.25) is 19.3 Å². The van der Waals surface area contributed by atoms with Crippen LogP contribution in [0, 0.1) is 11.3 Å². The number of nitrogens with zero attached hydrogens (tertiary/aromatic N) is 3. The van der Waals surface area contributed by atoms with Crippen LogP contribution in [0.1, 0.15) is 42.9 Å². The van der Waals surface area contributed by atoms with Gasteiger partial charge in [0.15, 0.2) is 11.5 Å². The van der Waals surface area contributed by atoms with E-state index in [0.717, 1.165) is 41.5 Å². The number of carbonyl (C=O) groups is 3. The predicted molar refractivity (Wildman–Crippen MR) is 136 cm³/mol. The molecule has 3 amide bonds. The number of amides is 3. The fraction of sp³-hybridized carbons (Fsp3) is 0.333. The summed E-state index contributed by atoms with van der Waals surface area (Å²) in [6.45, 7) is 3.56. The number of hydrogen-bond donors (Lipinski definition) is 0. The van der Waals surface area contributed by atoms with E-state index in [1.807, 2.05) is 19.1 Å². The van der Waals surface area contributed by atoms with Crippen LogP contribution in [0.3, 0.4) is 0 Å². The number of thioether (sulfide) groups is 1. The molecule has 0 spiro atoms. The Morgan fingerprint density at radius 2 is 1.86 bits per heavy atom. The average Bonchev–Trinajstić information content (AvgIpc) is 3.16. The third-order valence-corrected chi connectivity index (χ3v) is 6.87. The van der Waals surface area contributed by atoms with Crippen molar-refractivity contribution in [2.24, 2.45) is 0 Å². The lowest BCUT2D eigenvalue weighted by Gasteiger charge is -2.27. The molecule has 8 nitrogen and oxygen atoms in total. The monoisotopic (exact) mass is 505 g/mol. The van der Waals surface area contributed by atoms with E-state index in [9.17, 15) is 19.6 Å². The van der Waals surface area contributed by atoms with Gasteiger partial charge in [0, 0.05) is 18.7 Å². The molecule has 2 fully saturated rings. The summed E-state index contributed by atoms with van der Waals surface area (Å²) in [6, 6.07) is 14.6. The topological polar surface area (TPSA) is 99.9 Å². The van der Waals surface area contributed by atoms with Crippen LogP contribution in [0.25, 0.3) is 6.08 Å². The summed E-state index contributed by atoms with van der Waals surface area (Å²) >= 11 is 0.825. The fourth-order valence-corrected chi connectivity index (χ4v) is 4.92. The summed E-state index contributed by atoms with van der Waals surface area (Å²) in [5.74, 6) is 0.320. The van der Waals surface area contributed by atoms with E-state index in [4.69, 9.17) is 9.47 Å². The smallest absolute Gasteiger partial charge is 0.294 e. The highest BCUT2D eigenvalue weighted by Gasteiger charge is 2.37. The number of likely N-dealkylation sites (tertiary alicyclic amines) is 1. The largest absolute Gasteiger partial charge is 0.490 e. The zero-order chi connectivity index (χ0) is 25.5. The molecule has 2 aromatic rings. The molecule has 0 atom stereocenters. The lowest BCUT2D eigenvalue weighted by Crippen LogP contribution is -2.44. The summed E-state index contributed by atoms with van der Waals surface area (Å²) in [7, 11) is 0. The van der Waals surface area contributed by atoms with Gasteiger partial charge in [-0.05, 0) is 67.8 Å². The van der Waals surface area contributed by atoms with Crippen molar-refractivity contribution in [3.63, 3.8) is 0 Å². The van der Waals surface area contributed by atoms with Crippen LogP contribution < -0.4 is 9.47 Å². The third kappa shape index (κ3) is 5.89. The number of ether oxygens (including phenoxy) is 2. The van der Waals surface area contributed by atoms with Gasteiger partial charge in [-0.15, -0.1) is 0 Å². The first kappa shape index (κ1) is 25.3. The Bertz CT molecular complexity index is 1230. The molecule has 0 N–H and O–H groups in total. The van der Waals surface area contributed by atoms with E-state index in [-0.39, 0.29) is 24.0 Å². The molecule has 4 rings (SSSR count). The predicted octanol–water partition coefficient (Wildman–Crippen LogP) is 4.58. The van der Waals surface area contributed by atoms with Crippen LogP contribution in [0.15, 0.2) is 47.4 Å². The van der Waals surface area contributed by atoms with Crippen molar-refractivity contribution in [3.05, 3.63) is 64.1 Å². The van der Waals surface area contributed by atoms with E-state index in [1.165, 1.54) is 0 Å². The summed E-state index contributed by atoms with van der Waals surface area (Å²) < 4.78 is 11.7. The standard InChI is InChI=1S/C27H27N3O5S/c1-2-34-23-14-19(10-11-22(23)35-18-21-9-5-4-8-20(21)16-28)15-24-26(32)30(27(33)36-24)17-25(31)29-12-6-3-7-13-29/h4-5,8-11,14-15H,2-3,6-7,12-13,17-18H2,1H3/b24-15-. The molecule has 2 aliphatic rings. The molecule has 0 unspecified atom stereocenters. The average molecular weight is 506 g/mol. The number of piperidine rings is 1. The summed E-state index contributed by atoms with van der Waals surface area (Å²) in [4.78, 5) is 40.9. The minimum absolute atomic E-state index is 0.198. The lowest BCUT2D eigenvalue weighted by atomic mass is 10.1. The molecule has 0 bridgehead atoms. The molecule has 0 saturated carbocycles. The van der Waals surface area contributed by atoms with Crippen molar-refractivity contribution < 1.29 is 23.9 Å². The number of carbonyl (C=O) groups excluding carboxylic acids is 3. The second-order valence-electron chi connectivity index (χ2n) is 8.41. The van der Waals surface area contributed by atoms with Gasteiger partial charge in [0.1, 0.15) is 13.2 Å². The van der Waals surface area contributed by atoms with Gasteiger partial charge in [-0.25, -0.2) is 0 Å². The van der Waals surface area contributed by atoms with E-state index >= 15 is 0 Å². The van der Waals surface area contributed by atoms with E-state index in [2.05, 4.69) is 6.07 Å². The number of rotatable bonds is 8. The van der Waals surface area contributed by atoms with Crippen LogP contribution >= 0.6 is 11.8 Å². The van der Waals surface area contributed by atoms with E-state index in [1.54, 1.807) is 41.3 Å². The molecule has 0 radical (unpaired) electrons. The number of imide groups is 1. The maximum absolute atomic E-state index is 12.9. The van der Waals surface area contributed by atoms with E-state index in [0.29, 0.717) is 42.3 Å². The second kappa shape index (κ2) is 11.8. The number of nitriles is 1. The SMILES string of the molecule is CCOc1cc(/C=C2\SC(=O)N(CC(=O)N3CCCCC3)C2=O)ccc1OCc1ccccc1C#N. The van der Waals surface area contributed by atoms with E-state index < -0.39 is 11.1 Å². The zero-order valence-electron chi connectivity index (χ0n) is 20.1. The first-order valence-corrected chi connectivity index (χ1v) is 12.7. The van der Waals surface area contributed by atoms with Crippen LogP contribution in [0.2, 0.25) is 0 Å². The highest BCUT2D eigenvalue weighted by Crippen LogP contribution is 2.35. The molecule has 2 aliphatic heterocycles. The Morgan fingerprint density at radius 3 is 2.61 bits per heavy atom. The Balaban J connectivity index is 1.47. The molecule has 186 valence electrons.